The van der Waals surface area contributed by atoms with Gasteiger partial charge in [-0.25, -0.2) is 0 Å². The van der Waals surface area contributed by atoms with Crippen LogP contribution in [0, 0.1) is 0 Å². The first kappa shape index (κ1) is 23.5. The Balaban J connectivity index is 2.99. The van der Waals surface area contributed by atoms with Crippen LogP contribution in [0.4, 0.5) is 0 Å². The number of hydrogen-bond acceptors (Lipinski definition) is 1. The van der Waals surface area contributed by atoms with Gasteiger partial charge < -0.3 is 5.32 Å². The average molecular weight is 340 g/mol. The van der Waals surface area contributed by atoms with E-state index in [0.29, 0.717) is 6.42 Å². The van der Waals surface area contributed by atoms with Gasteiger partial charge in [-0.1, -0.05) is 116 Å². The van der Waals surface area contributed by atoms with Crippen LogP contribution in [0.2, 0.25) is 0 Å². The second-order valence-electron chi connectivity index (χ2n) is 7.43. The fourth-order valence-electron chi connectivity index (χ4n) is 3.31. The molecule has 144 valence electrons. The molecule has 0 fully saturated rings. The predicted molar refractivity (Wildman–Crippen MR) is 107 cm³/mol. The molecule has 0 radical (unpaired) electrons. The van der Waals surface area contributed by atoms with E-state index in [-0.39, 0.29) is 5.91 Å². The molecule has 0 aromatic carbocycles. The molecule has 0 aliphatic carbocycles. The molecular weight excluding hydrogens is 294 g/mol. The summed E-state index contributed by atoms with van der Waals surface area (Å²) in [5.41, 5.74) is 0. The quantitative estimate of drug-likeness (QED) is 0.248. The SMILES string of the molecule is CCCCCCCCCCCCCCCCCCCCC(=O)NC. The molecule has 0 saturated heterocycles. The van der Waals surface area contributed by atoms with E-state index < -0.39 is 0 Å². The van der Waals surface area contributed by atoms with Crippen LogP contribution < -0.4 is 5.32 Å². The zero-order chi connectivity index (χ0) is 17.7. The van der Waals surface area contributed by atoms with Crippen LogP contribution in [0.5, 0.6) is 0 Å². The van der Waals surface area contributed by atoms with Crippen LogP contribution in [0.25, 0.3) is 0 Å². The first-order chi connectivity index (χ1) is 11.8. The second kappa shape index (κ2) is 20.5. The molecule has 1 N–H and O–H groups in total. The summed E-state index contributed by atoms with van der Waals surface area (Å²) in [6.45, 7) is 2.29. The highest BCUT2D eigenvalue weighted by atomic mass is 16.1. The van der Waals surface area contributed by atoms with E-state index in [4.69, 9.17) is 0 Å². The maximum atomic E-state index is 11.1. The topological polar surface area (TPSA) is 29.1 Å². The first-order valence-electron chi connectivity index (χ1n) is 11.0. The van der Waals surface area contributed by atoms with E-state index in [1.807, 2.05) is 0 Å². The Hall–Kier alpha value is -0.530. The minimum atomic E-state index is 0.187. The number of amides is 1. The van der Waals surface area contributed by atoms with Crippen molar-refractivity contribution in [3.05, 3.63) is 0 Å². The zero-order valence-electron chi connectivity index (χ0n) is 16.8. The maximum Gasteiger partial charge on any atom is 0.219 e. The van der Waals surface area contributed by atoms with Crippen LogP contribution in [0.15, 0.2) is 0 Å². The van der Waals surface area contributed by atoms with Gasteiger partial charge in [0.1, 0.15) is 0 Å². The van der Waals surface area contributed by atoms with Gasteiger partial charge in [0, 0.05) is 13.5 Å². The number of hydrogen-bond donors (Lipinski definition) is 1. The highest BCUT2D eigenvalue weighted by Gasteiger charge is 1.97. The third-order valence-corrected chi connectivity index (χ3v) is 5.04. The highest BCUT2D eigenvalue weighted by Crippen LogP contribution is 2.14. The summed E-state index contributed by atoms with van der Waals surface area (Å²) < 4.78 is 0. The van der Waals surface area contributed by atoms with Crippen molar-refractivity contribution in [2.45, 2.75) is 129 Å². The van der Waals surface area contributed by atoms with Crippen LogP contribution >= 0.6 is 0 Å². The van der Waals surface area contributed by atoms with Crippen molar-refractivity contribution in [3.8, 4) is 0 Å². The Labute approximate surface area is 152 Å². The Bertz CT molecular complexity index is 252. The summed E-state index contributed by atoms with van der Waals surface area (Å²) in [7, 11) is 1.72. The molecule has 2 nitrogen and oxygen atoms in total. The van der Waals surface area contributed by atoms with Gasteiger partial charge in [0.2, 0.25) is 5.91 Å². The number of carbonyl (C=O) groups is 1. The molecule has 0 aromatic rings. The minimum Gasteiger partial charge on any atom is -0.359 e. The van der Waals surface area contributed by atoms with Gasteiger partial charge in [-0.05, 0) is 6.42 Å². The fourth-order valence-corrected chi connectivity index (χ4v) is 3.31. The summed E-state index contributed by atoms with van der Waals surface area (Å²) in [5.74, 6) is 0.187. The van der Waals surface area contributed by atoms with Crippen LogP contribution in [-0.4, -0.2) is 13.0 Å². The standard InChI is InChI=1S/C22H45NO/c1-3-4-5-6-7-8-9-10-11-12-13-14-15-16-17-18-19-20-21-22(24)23-2/h3-21H2,1-2H3,(H,23,24). The third kappa shape index (κ3) is 19.5. The lowest BCUT2D eigenvalue weighted by atomic mass is 10.0. The lowest BCUT2D eigenvalue weighted by Crippen LogP contribution is -2.16. The van der Waals surface area contributed by atoms with Crippen molar-refractivity contribution < 1.29 is 4.79 Å². The summed E-state index contributed by atoms with van der Waals surface area (Å²) >= 11 is 0. The smallest absolute Gasteiger partial charge is 0.219 e. The number of rotatable bonds is 19. The van der Waals surface area contributed by atoms with Gasteiger partial charge in [0.25, 0.3) is 0 Å². The summed E-state index contributed by atoms with van der Waals surface area (Å²) in [5, 5.41) is 2.68. The van der Waals surface area contributed by atoms with Crippen LogP contribution in [0.1, 0.15) is 129 Å². The van der Waals surface area contributed by atoms with Crippen molar-refractivity contribution >= 4 is 5.91 Å². The third-order valence-electron chi connectivity index (χ3n) is 5.04. The lowest BCUT2D eigenvalue weighted by Gasteiger charge is -2.04. The van der Waals surface area contributed by atoms with Crippen LogP contribution in [0.3, 0.4) is 0 Å². The highest BCUT2D eigenvalue weighted by molar-refractivity contribution is 5.75. The van der Waals surface area contributed by atoms with Gasteiger partial charge in [0.05, 0.1) is 0 Å². The Kier molecular flexibility index (Phi) is 20.1. The van der Waals surface area contributed by atoms with Crippen molar-refractivity contribution in [2.75, 3.05) is 7.05 Å². The summed E-state index contributed by atoms with van der Waals surface area (Å²) in [6, 6.07) is 0. The zero-order valence-corrected chi connectivity index (χ0v) is 16.8. The van der Waals surface area contributed by atoms with E-state index in [9.17, 15) is 4.79 Å². The molecule has 0 rings (SSSR count). The second-order valence-corrected chi connectivity index (χ2v) is 7.43. The number of nitrogens with one attached hydrogen (secondary N) is 1. The lowest BCUT2D eigenvalue weighted by molar-refractivity contribution is -0.120. The first-order valence-corrected chi connectivity index (χ1v) is 11.0. The van der Waals surface area contributed by atoms with Gasteiger partial charge in [0.15, 0.2) is 0 Å². The van der Waals surface area contributed by atoms with Crippen molar-refractivity contribution in [1.29, 1.82) is 0 Å². The monoisotopic (exact) mass is 339 g/mol. The minimum absolute atomic E-state index is 0.187. The van der Waals surface area contributed by atoms with Crippen molar-refractivity contribution in [2.24, 2.45) is 0 Å². The predicted octanol–water partition coefficient (Wildman–Crippen LogP) is 7.16. The maximum absolute atomic E-state index is 11.1. The van der Waals surface area contributed by atoms with E-state index in [2.05, 4.69) is 12.2 Å². The van der Waals surface area contributed by atoms with Gasteiger partial charge in [-0.3, -0.25) is 4.79 Å². The molecule has 0 aliphatic heterocycles. The van der Waals surface area contributed by atoms with E-state index in [1.165, 1.54) is 109 Å². The molecule has 2 heteroatoms. The molecule has 0 aromatic heterocycles. The van der Waals surface area contributed by atoms with E-state index in [0.717, 1.165) is 6.42 Å². The Morgan fingerprint density at radius 2 is 0.833 bits per heavy atom. The van der Waals surface area contributed by atoms with Gasteiger partial charge >= 0.3 is 0 Å². The van der Waals surface area contributed by atoms with Gasteiger partial charge in [-0.2, -0.15) is 0 Å². The molecule has 0 bridgehead atoms. The largest absolute Gasteiger partial charge is 0.359 e. The van der Waals surface area contributed by atoms with Crippen LogP contribution in [-0.2, 0) is 4.79 Å². The number of carbonyl (C=O) groups excluding carboxylic acids is 1. The fraction of sp³-hybridized carbons (Fsp3) is 0.955. The molecule has 0 aliphatic rings. The Morgan fingerprint density at radius 1 is 0.542 bits per heavy atom. The molecule has 0 unspecified atom stereocenters. The van der Waals surface area contributed by atoms with Crippen molar-refractivity contribution in [3.63, 3.8) is 0 Å². The molecule has 24 heavy (non-hydrogen) atoms. The molecular formula is C22H45NO. The molecule has 0 saturated carbocycles. The van der Waals surface area contributed by atoms with E-state index >= 15 is 0 Å². The average Bonchev–Trinajstić information content (AvgIpc) is 2.60. The van der Waals surface area contributed by atoms with E-state index in [1.54, 1.807) is 7.05 Å². The normalized spacial score (nSPS) is 10.9. The Morgan fingerprint density at radius 3 is 1.12 bits per heavy atom. The molecule has 0 heterocycles. The molecule has 0 atom stereocenters. The molecule has 0 spiro atoms. The van der Waals surface area contributed by atoms with Crippen molar-refractivity contribution in [1.82, 2.24) is 5.32 Å². The summed E-state index contributed by atoms with van der Waals surface area (Å²) in [4.78, 5) is 11.1. The summed E-state index contributed by atoms with van der Waals surface area (Å²) in [6.07, 6.45) is 25.7. The molecule has 1 amide bonds. The number of unbranched alkanes of at least 4 members (excludes halogenated alkanes) is 17. The van der Waals surface area contributed by atoms with Gasteiger partial charge in [-0.15, -0.1) is 0 Å².